The summed E-state index contributed by atoms with van der Waals surface area (Å²) < 4.78 is 11.6. The highest BCUT2D eigenvalue weighted by Crippen LogP contribution is 2.19. The first-order valence-electron chi connectivity index (χ1n) is 9.84. The molecule has 0 aromatic heterocycles. The highest BCUT2D eigenvalue weighted by atomic mass is 79.9. The van der Waals surface area contributed by atoms with Gasteiger partial charge in [0.1, 0.15) is 18.1 Å². The molecule has 142 valence electrons. The van der Waals surface area contributed by atoms with Gasteiger partial charge in [-0.15, -0.1) is 0 Å². The first-order valence-corrected chi connectivity index (χ1v) is 11.0. The van der Waals surface area contributed by atoms with Gasteiger partial charge < -0.3 is 9.47 Å². The van der Waals surface area contributed by atoms with Crippen LogP contribution in [0.2, 0.25) is 0 Å². The minimum absolute atomic E-state index is 0.594. The van der Waals surface area contributed by atoms with Gasteiger partial charge in [0, 0.05) is 5.33 Å². The van der Waals surface area contributed by atoms with Gasteiger partial charge in [0.05, 0.1) is 6.61 Å². The highest BCUT2D eigenvalue weighted by Gasteiger charge is 1.98. The summed E-state index contributed by atoms with van der Waals surface area (Å²) in [7, 11) is 0. The van der Waals surface area contributed by atoms with Crippen molar-refractivity contribution in [1.82, 2.24) is 0 Å². The van der Waals surface area contributed by atoms with E-state index in [1.807, 2.05) is 42.5 Å². The molecule has 0 aliphatic rings. The lowest BCUT2D eigenvalue weighted by Gasteiger charge is -2.09. The summed E-state index contributed by atoms with van der Waals surface area (Å²) in [6.07, 6.45) is 10.5. The smallest absolute Gasteiger partial charge is 0.120 e. The zero-order valence-corrected chi connectivity index (χ0v) is 17.3. The molecule has 2 rings (SSSR count). The Morgan fingerprint density at radius 2 is 1.12 bits per heavy atom. The summed E-state index contributed by atoms with van der Waals surface area (Å²) in [6, 6.07) is 18.1. The molecular formula is C23H31BrO2. The molecule has 0 N–H and O–H groups in total. The molecule has 2 aromatic carbocycles. The Hall–Kier alpha value is -1.48. The lowest BCUT2D eigenvalue weighted by molar-refractivity contribution is 0.296. The number of unbranched alkanes of at least 4 members (excludes halogenated alkanes) is 7. The number of hydrogen-bond donors (Lipinski definition) is 0. The minimum atomic E-state index is 0.594. The van der Waals surface area contributed by atoms with E-state index in [-0.39, 0.29) is 0 Å². The maximum Gasteiger partial charge on any atom is 0.120 e. The Labute approximate surface area is 167 Å². The van der Waals surface area contributed by atoms with Crippen molar-refractivity contribution in [3.63, 3.8) is 0 Å². The van der Waals surface area contributed by atoms with E-state index in [2.05, 4.69) is 28.1 Å². The second kappa shape index (κ2) is 13.7. The third-order valence-corrected chi connectivity index (χ3v) is 4.93. The molecule has 26 heavy (non-hydrogen) atoms. The second-order valence-corrected chi connectivity index (χ2v) is 7.40. The Kier molecular flexibility index (Phi) is 11.0. The van der Waals surface area contributed by atoms with Gasteiger partial charge in [0.25, 0.3) is 0 Å². The predicted octanol–water partition coefficient (Wildman–Crippen LogP) is 7.16. The standard InChI is InChI=1S/C23H31BrO2/c24-18-10-5-3-1-2-4-6-11-19-25-22-14-16-23(17-15-22)26-20-21-12-8-7-9-13-21/h7-9,12-17H,1-6,10-11,18-20H2. The van der Waals surface area contributed by atoms with Crippen LogP contribution in [0.25, 0.3) is 0 Å². The average Bonchev–Trinajstić information content (AvgIpc) is 2.69. The van der Waals surface area contributed by atoms with Gasteiger partial charge >= 0.3 is 0 Å². The quantitative estimate of drug-likeness (QED) is 0.239. The number of halogens is 1. The van der Waals surface area contributed by atoms with E-state index < -0.39 is 0 Å². The van der Waals surface area contributed by atoms with Gasteiger partial charge in [-0.05, 0) is 42.7 Å². The van der Waals surface area contributed by atoms with Gasteiger partial charge in [-0.1, -0.05) is 84.8 Å². The van der Waals surface area contributed by atoms with Crippen LogP contribution in [0, 0.1) is 0 Å². The van der Waals surface area contributed by atoms with Crippen LogP contribution in [0.5, 0.6) is 11.5 Å². The molecule has 0 aliphatic heterocycles. The van der Waals surface area contributed by atoms with Crippen molar-refractivity contribution in [2.24, 2.45) is 0 Å². The molecule has 0 heterocycles. The van der Waals surface area contributed by atoms with Gasteiger partial charge in [0.15, 0.2) is 0 Å². The maximum absolute atomic E-state index is 5.82. The molecule has 0 atom stereocenters. The van der Waals surface area contributed by atoms with E-state index in [1.54, 1.807) is 0 Å². The van der Waals surface area contributed by atoms with Crippen LogP contribution >= 0.6 is 15.9 Å². The van der Waals surface area contributed by atoms with E-state index in [9.17, 15) is 0 Å². The molecule has 2 aromatic rings. The molecule has 0 saturated carbocycles. The van der Waals surface area contributed by atoms with Crippen LogP contribution in [0.15, 0.2) is 54.6 Å². The van der Waals surface area contributed by atoms with E-state index in [1.165, 1.54) is 50.5 Å². The van der Waals surface area contributed by atoms with Crippen molar-refractivity contribution in [2.75, 3.05) is 11.9 Å². The number of rotatable bonds is 14. The van der Waals surface area contributed by atoms with E-state index in [4.69, 9.17) is 9.47 Å². The zero-order valence-electron chi connectivity index (χ0n) is 15.7. The Morgan fingerprint density at radius 1 is 0.577 bits per heavy atom. The fraction of sp³-hybridized carbons (Fsp3) is 0.478. The van der Waals surface area contributed by atoms with Gasteiger partial charge in [-0.25, -0.2) is 0 Å². The number of alkyl halides is 1. The lowest BCUT2D eigenvalue weighted by Crippen LogP contribution is -1.98. The van der Waals surface area contributed by atoms with Crippen molar-refractivity contribution >= 4 is 15.9 Å². The lowest BCUT2D eigenvalue weighted by atomic mass is 10.1. The van der Waals surface area contributed by atoms with E-state index in [0.717, 1.165) is 29.9 Å². The normalized spacial score (nSPS) is 10.7. The Bertz CT molecular complexity index is 569. The molecule has 0 aliphatic carbocycles. The summed E-state index contributed by atoms with van der Waals surface area (Å²) in [5.74, 6) is 1.80. The molecule has 2 nitrogen and oxygen atoms in total. The molecular weight excluding hydrogens is 388 g/mol. The largest absolute Gasteiger partial charge is 0.494 e. The van der Waals surface area contributed by atoms with Gasteiger partial charge in [-0.3, -0.25) is 0 Å². The highest BCUT2D eigenvalue weighted by molar-refractivity contribution is 9.09. The number of benzene rings is 2. The van der Waals surface area contributed by atoms with Gasteiger partial charge in [-0.2, -0.15) is 0 Å². The monoisotopic (exact) mass is 418 g/mol. The molecule has 0 unspecified atom stereocenters. The molecule has 0 radical (unpaired) electrons. The minimum Gasteiger partial charge on any atom is -0.494 e. The van der Waals surface area contributed by atoms with Crippen LogP contribution in [0.3, 0.4) is 0 Å². The van der Waals surface area contributed by atoms with Crippen molar-refractivity contribution in [3.05, 3.63) is 60.2 Å². The van der Waals surface area contributed by atoms with Gasteiger partial charge in [0.2, 0.25) is 0 Å². The van der Waals surface area contributed by atoms with Crippen molar-refractivity contribution < 1.29 is 9.47 Å². The summed E-state index contributed by atoms with van der Waals surface area (Å²) in [5, 5.41) is 1.14. The third kappa shape index (κ3) is 9.28. The summed E-state index contributed by atoms with van der Waals surface area (Å²) in [5.41, 5.74) is 1.18. The Morgan fingerprint density at radius 3 is 1.73 bits per heavy atom. The van der Waals surface area contributed by atoms with E-state index >= 15 is 0 Å². The maximum atomic E-state index is 5.82. The van der Waals surface area contributed by atoms with E-state index in [0.29, 0.717) is 6.61 Å². The molecule has 0 spiro atoms. The molecule has 0 amide bonds. The fourth-order valence-electron chi connectivity index (χ4n) is 2.82. The number of hydrogen-bond acceptors (Lipinski definition) is 2. The predicted molar refractivity (Wildman–Crippen MR) is 113 cm³/mol. The van der Waals surface area contributed by atoms with Crippen LogP contribution < -0.4 is 9.47 Å². The van der Waals surface area contributed by atoms with Crippen LogP contribution in [0.4, 0.5) is 0 Å². The second-order valence-electron chi connectivity index (χ2n) is 6.61. The zero-order chi connectivity index (χ0) is 18.3. The van der Waals surface area contributed by atoms with Crippen molar-refractivity contribution in [2.45, 2.75) is 58.0 Å². The van der Waals surface area contributed by atoms with Crippen molar-refractivity contribution in [1.29, 1.82) is 0 Å². The molecule has 3 heteroatoms. The molecule has 0 bridgehead atoms. The summed E-state index contributed by atoms with van der Waals surface area (Å²) >= 11 is 3.48. The van der Waals surface area contributed by atoms with Crippen molar-refractivity contribution in [3.8, 4) is 11.5 Å². The number of ether oxygens (including phenoxy) is 2. The first-order chi connectivity index (χ1) is 12.9. The first kappa shape index (κ1) is 20.8. The van der Waals surface area contributed by atoms with Crippen LogP contribution in [-0.4, -0.2) is 11.9 Å². The SMILES string of the molecule is BrCCCCCCCCCCOc1ccc(OCc2ccccc2)cc1. The summed E-state index contributed by atoms with van der Waals surface area (Å²) in [4.78, 5) is 0. The molecule has 0 fully saturated rings. The van der Waals surface area contributed by atoms with Crippen LogP contribution in [-0.2, 0) is 6.61 Å². The average molecular weight is 419 g/mol. The molecule has 0 saturated heterocycles. The topological polar surface area (TPSA) is 18.5 Å². The Balaban J connectivity index is 1.51. The fourth-order valence-corrected chi connectivity index (χ4v) is 3.22. The summed E-state index contributed by atoms with van der Waals surface area (Å²) in [6.45, 7) is 1.39. The van der Waals surface area contributed by atoms with Crippen LogP contribution in [0.1, 0.15) is 56.9 Å². The third-order valence-electron chi connectivity index (χ3n) is 4.37.